The molecule has 1 aliphatic rings. The molecule has 0 aliphatic carbocycles. The predicted molar refractivity (Wildman–Crippen MR) is 95.8 cm³/mol. The number of rotatable bonds is 5. The minimum Gasteiger partial charge on any atom is -0.389 e. The third-order valence-corrected chi connectivity index (χ3v) is 4.91. The molecule has 1 heterocycles. The number of hydrogen-bond donors (Lipinski definition) is 1. The van der Waals surface area contributed by atoms with E-state index < -0.39 is 5.60 Å². The van der Waals surface area contributed by atoms with E-state index in [0.29, 0.717) is 5.92 Å². The van der Waals surface area contributed by atoms with Crippen molar-refractivity contribution >= 4 is 0 Å². The highest BCUT2D eigenvalue weighted by Crippen LogP contribution is 2.30. The quantitative estimate of drug-likeness (QED) is 0.903. The Labute approximate surface area is 139 Å². The van der Waals surface area contributed by atoms with Crippen molar-refractivity contribution in [2.75, 3.05) is 19.6 Å². The fourth-order valence-electron chi connectivity index (χ4n) is 3.64. The van der Waals surface area contributed by atoms with E-state index >= 15 is 0 Å². The Hall–Kier alpha value is -1.64. The van der Waals surface area contributed by atoms with E-state index in [2.05, 4.69) is 66.4 Å². The van der Waals surface area contributed by atoms with Gasteiger partial charge in [-0.05, 0) is 44.4 Å². The number of hydrogen-bond acceptors (Lipinski definition) is 2. The molecule has 2 unspecified atom stereocenters. The maximum absolute atomic E-state index is 10.2. The van der Waals surface area contributed by atoms with Gasteiger partial charge in [-0.2, -0.15) is 0 Å². The van der Waals surface area contributed by atoms with Crippen LogP contribution in [0, 0.1) is 6.92 Å². The van der Waals surface area contributed by atoms with Crippen LogP contribution < -0.4 is 0 Å². The lowest BCUT2D eigenvalue weighted by molar-refractivity contribution is 0.0685. The molecule has 1 saturated heterocycles. The van der Waals surface area contributed by atoms with E-state index in [1.165, 1.54) is 16.7 Å². The summed E-state index contributed by atoms with van der Waals surface area (Å²) in [5.41, 5.74) is 3.57. The molecule has 0 saturated carbocycles. The Balaban J connectivity index is 1.76. The predicted octanol–water partition coefficient (Wildman–Crippen LogP) is 3.97. The maximum Gasteiger partial charge on any atom is 0.0758 e. The van der Waals surface area contributed by atoms with Crippen molar-refractivity contribution in [1.82, 2.24) is 4.90 Å². The third-order valence-electron chi connectivity index (χ3n) is 4.91. The summed E-state index contributed by atoms with van der Waals surface area (Å²) in [7, 11) is 0. The molecule has 0 amide bonds. The molecule has 0 aromatic heterocycles. The molecule has 3 rings (SSSR count). The minimum absolute atomic E-state index is 0.418. The fourth-order valence-corrected chi connectivity index (χ4v) is 3.64. The smallest absolute Gasteiger partial charge is 0.0758 e. The second kappa shape index (κ2) is 6.86. The van der Waals surface area contributed by atoms with Gasteiger partial charge in [-0.3, -0.25) is 0 Å². The molecule has 2 heteroatoms. The molecule has 1 N–H and O–H groups in total. The standard InChI is InChI=1S/C21H27NO/c1-17-7-6-10-19(15-17)20(18-8-4-3-5-9-18)11-13-22-14-12-21(2,23)16-22/h3-10,15,20,23H,11-14,16H2,1-2H3. The van der Waals surface area contributed by atoms with Gasteiger partial charge in [0.05, 0.1) is 5.60 Å². The van der Waals surface area contributed by atoms with E-state index in [0.717, 1.165) is 32.5 Å². The summed E-state index contributed by atoms with van der Waals surface area (Å²) in [5.74, 6) is 0.418. The van der Waals surface area contributed by atoms with Crippen molar-refractivity contribution in [3.8, 4) is 0 Å². The summed E-state index contributed by atoms with van der Waals surface area (Å²) in [6.07, 6.45) is 1.97. The summed E-state index contributed by atoms with van der Waals surface area (Å²) >= 11 is 0. The van der Waals surface area contributed by atoms with Crippen LogP contribution >= 0.6 is 0 Å². The zero-order valence-electron chi connectivity index (χ0n) is 14.2. The van der Waals surface area contributed by atoms with Crippen LogP contribution in [-0.4, -0.2) is 35.2 Å². The minimum atomic E-state index is -0.508. The first-order valence-corrected chi connectivity index (χ1v) is 8.60. The van der Waals surface area contributed by atoms with Gasteiger partial charge in [0.25, 0.3) is 0 Å². The Morgan fingerprint density at radius 1 is 1.09 bits per heavy atom. The summed E-state index contributed by atoms with van der Waals surface area (Å²) < 4.78 is 0. The zero-order chi connectivity index (χ0) is 16.3. The molecule has 2 aromatic carbocycles. The Kier molecular flexibility index (Phi) is 4.84. The molecular weight excluding hydrogens is 282 g/mol. The van der Waals surface area contributed by atoms with Crippen molar-refractivity contribution in [1.29, 1.82) is 0 Å². The van der Waals surface area contributed by atoms with Gasteiger partial charge < -0.3 is 10.0 Å². The number of aryl methyl sites for hydroxylation is 1. The van der Waals surface area contributed by atoms with Crippen molar-refractivity contribution in [3.63, 3.8) is 0 Å². The van der Waals surface area contributed by atoms with Gasteiger partial charge in [-0.1, -0.05) is 60.2 Å². The van der Waals surface area contributed by atoms with E-state index in [9.17, 15) is 5.11 Å². The SMILES string of the molecule is Cc1cccc(C(CCN2CCC(C)(O)C2)c2ccccc2)c1. The average Bonchev–Trinajstić information content (AvgIpc) is 2.88. The first-order valence-electron chi connectivity index (χ1n) is 8.60. The molecule has 2 atom stereocenters. The highest BCUT2D eigenvalue weighted by atomic mass is 16.3. The van der Waals surface area contributed by atoms with Gasteiger partial charge in [-0.15, -0.1) is 0 Å². The Bertz CT molecular complexity index is 635. The number of β-amino-alcohol motifs (C(OH)–C–C–N with tert-alkyl or cyclic N) is 1. The third kappa shape index (κ3) is 4.21. The van der Waals surface area contributed by atoms with Gasteiger partial charge in [0.15, 0.2) is 0 Å². The van der Waals surface area contributed by atoms with Crippen LogP contribution in [0.5, 0.6) is 0 Å². The van der Waals surface area contributed by atoms with Crippen LogP contribution in [0.1, 0.15) is 42.4 Å². The van der Waals surface area contributed by atoms with Crippen molar-refractivity contribution in [3.05, 3.63) is 71.3 Å². The summed E-state index contributed by atoms with van der Waals surface area (Å²) in [6.45, 7) is 6.93. The van der Waals surface area contributed by atoms with Crippen LogP contribution in [0.2, 0.25) is 0 Å². The molecule has 0 radical (unpaired) electrons. The van der Waals surface area contributed by atoms with Crippen LogP contribution in [-0.2, 0) is 0 Å². The van der Waals surface area contributed by atoms with Gasteiger partial charge >= 0.3 is 0 Å². The molecule has 23 heavy (non-hydrogen) atoms. The molecule has 2 nitrogen and oxygen atoms in total. The van der Waals surface area contributed by atoms with Gasteiger partial charge in [0.2, 0.25) is 0 Å². The highest BCUT2D eigenvalue weighted by Gasteiger charge is 2.31. The van der Waals surface area contributed by atoms with E-state index in [-0.39, 0.29) is 0 Å². The lowest BCUT2D eigenvalue weighted by Gasteiger charge is -2.23. The van der Waals surface area contributed by atoms with Crippen LogP contribution in [0.15, 0.2) is 54.6 Å². The zero-order valence-corrected chi connectivity index (χ0v) is 14.2. The monoisotopic (exact) mass is 309 g/mol. The second-order valence-corrected chi connectivity index (χ2v) is 7.19. The normalized spacial score (nSPS) is 23.1. The average molecular weight is 309 g/mol. The molecule has 122 valence electrons. The molecule has 0 spiro atoms. The molecular formula is C21H27NO. The van der Waals surface area contributed by atoms with Gasteiger partial charge in [0, 0.05) is 19.0 Å². The van der Waals surface area contributed by atoms with E-state index in [4.69, 9.17) is 0 Å². The lowest BCUT2D eigenvalue weighted by Crippen LogP contribution is -2.30. The summed E-state index contributed by atoms with van der Waals surface area (Å²) in [5, 5.41) is 10.2. The number of likely N-dealkylation sites (tertiary alicyclic amines) is 1. The van der Waals surface area contributed by atoms with Crippen LogP contribution in [0.4, 0.5) is 0 Å². The van der Waals surface area contributed by atoms with Crippen LogP contribution in [0.25, 0.3) is 0 Å². The number of nitrogens with zero attached hydrogens (tertiary/aromatic N) is 1. The molecule has 2 aromatic rings. The van der Waals surface area contributed by atoms with Crippen molar-refractivity contribution in [2.45, 2.75) is 38.2 Å². The van der Waals surface area contributed by atoms with Crippen molar-refractivity contribution < 1.29 is 5.11 Å². The first-order chi connectivity index (χ1) is 11.0. The first kappa shape index (κ1) is 16.2. The summed E-state index contributed by atoms with van der Waals surface area (Å²) in [4.78, 5) is 2.39. The Morgan fingerprint density at radius 3 is 2.48 bits per heavy atom. The lowest BCUT2D eigenvalue weighted by atomic mass is 9.87. The largest absolute Gasteiger partial charge is 0.389 e. The molecule has 0 bridgehead atoms. The van der Waals surface area contributed by atoms with Crippen molar-refractivity contribution in [2.24, 2.45) is 0 Å². The van der Waals surface area contributed by atoms with Gasteiger partial charge in [-0.25, -0.2) is 0 Å². The number of aliphatic hydroxyl groups is 1. The van der Waals surface area contributed by atoms with E-state index in [1.54, 1.807) is 0 Å². The fraction of sp³-hybridized carbons (Fsp3) is 0.429. The van der Waals surface area contributed by atoms with E-state index in [1.807, 2.05) is 6.92 Å². The topological polar surface area (TPSA) is 23.5 Å². The summed E-state index contributed by atoms with van der Waals surface area (Å²) in [6, 6.07) is 19.6. The molecule has 1 fully saturated rings. The Morgan fingerprint density at radius 2 is 1.83 bits per heavy atom. The maximum atomic E-state index is 10.2. The van der Waals surface area contributed by atoms with Crippen LogP contribution in [0.3, 0.4) is 0 Å². The number of benzene rings is 2. The molecule has 1 aliphatic heterocycles. The second-order valence-electron chi connectivity index (χ2n) is 7.19. The highest BCUT2D eigenvalue weighted by molar-refractivity contribution is 5.34. The van der Waals surface area contributed by atoms with Gasteiger partial charge in [0.1, 0.15) is 0 Å².